The fraction of sp³-hybridized carbons (Fsp3) is 0.769. The van der Waals surface area contributed by atoms with Gasteiger partial charge >= 0.3 is 5.69 Å². The summed E-state index contributed by atoms with van der Waals surface area (Å²) in [7, 11) is 0. The zero-order chi connectivity index (χ0) is 19.0. The van der Waals surface area contributed by atoms with Crippen LogP contribution >= 0.6 is 0 Å². The average molecular weight is 376 g/mol. The normalized spacial score (nSPS) is 40.2. The zero-order valence-electron chi connectivity index (χ0n) is 13.4. The van der Waals surface area contributed by atoms with Crippen molar-refractivity contribution in [3.8, 4) is 0 Å². The largest absolute Gasteiger partial charge is 0.394 e. The Balaban J connectivity index is 1.64. The van der Waals surface area contributed by atoms with Crippen LogP contribution in [0, 0.1) is 0 Å². The summed E-state index contributed by atoms with van der Waals surface area (Å²) in [6, 6.07) is 0. The summed E-state index contributed by atoms with van der Waals surface area (Å²) in [5.41, 5.74) is 4.48. The Morgan fingerprint density at radius 1 is 1.12 bits per heavy atom. The number of nitrogens with two attached hydrogens (primary N) is 1. The number of ether oxygens (including phenoxy) is 3. The van der Waals surface area contributed by atoms with E-state index < -0.39 is 61.4 Å². The van der Waals surface area contributed by atoms with Crippen molar-refractivity contribution in [1.29, 1.82) is 0 Å². The number of nitrogen functional groups attached to an aromatic ring is 1. The molecule has 2 aliphatic rings. The minimum absolute atomic E-state index is 0.247. The highest BCUT2D eigenvalue weighted by atomic mass is 16.7. The second-order valence-electron chi connectivity index (χ2n) is 5.99. The predicted octanol–water partition coefficient (Wildman–Crippen LogP) is -4.70. The van der Waals surface area contributed by atoms with E-state index in [0.29, 0.717) is 0 Å². The van der Waals surface area contributed by atoms with Crippen molar-refractivity contribution in [2.45, 2.75) is 49.1 Å². The van der Waals surface area contributed by atoms with Crippen LogP contribution in [0.5, 0.6) is 0 Å². The third-order valence-corrected chi connectivity index (χ3v) is 4.28. The molecule has 0 saturated carbocycles. The number of rotatable bonds is 5. The number of aliphatic hydroxyl groups is 5. The topological polar surface area (TPSA) is 203 Å². The Morgan fingerprint density at radius 3 is 2.42 bits per heavy atom. The Bertz CT molecular complexity index is 688. The van der Waals surface area contributed by atoms with Crippen LogP contribution in [-0.4, -0.2) is 96.2 Å². The van der Waals surface area contributed by atoms with E-state index in [-0.39, 0.29) is 12.6 Å². The lowest BCUT2D eigenvalue weighted by atomic mass is 10.1. The van der Waals surface area contributed by atoms with Gasteiger partial charge in [-0.1, -0.05) is 0 Å². The van der Waals surface area contributed by atoms with Crippen LogP contribution in [0.3, 0.4) is 0 Å². The second kappa shape index (κ2) is 7.50. The van der Waals surface area contributed by atoms with E-state index in [4.69, 9.17) is 25.1 Å². The quantitative estimate of drug-likeness (QED) is 0.287. The van der Waals surface area contributed by atoms with E-state index in [1.807, 2.05) is 0 Å². The number of anilines is 1. The highest BCUT2D eigenvalue weighted by Crippen LogP contribution is 2.30. The van der Waals surface area contributed by atoms with Gasteiger partial charge in [-0.3, -0.25) is 4.57 Å². The predicted molar refractivity (Wildman–Crippen MR) is 80.3 cm³/mol. The number of hydrogen-bond acceptors (Lipinski definition) is 12. The molecule has 2 aliphatic heterocycles. The first-order valence-corrected chi connectivity index (χ1v) is 7.79. The van der Waals surface area contributed by atoms with Crippen LogP contribution in [0.1, 0.15) is 6.23 Å². The molecule has 13 heteroatoms. The first-order chi connectivity index (χ1) is 12.3. The molecule has 3 heterocycles. The highest BCUT2D eigenvalue weighted by Gasteiger charge is 2.47. The van der Waals surface area contributed by atoms with Gasteiger partial charge in [-0.25, -0.2) is 9.78 Å². The maximum absolute atomic E-state index is 11.8. The molecule has 2 saturated heterocycles. The van der Waals surface area contributed by atoms with E-state index in [1.54, 1.807) is 0 Å². The highest BCUT2D eigenvalue weighted by molar-refractivity contribution is 5.10. The summed E-state index contributed by atoms with van der Waals surface area (Å²) >= 11 is 0. The van der Waals surface area contributed by atoms with Gasteiger partial charge in [0, 0.05) is 0 Å². The van der Waals surface area contributed by atoms with Crippen molar-refractivity contribution < 1.29 is 39.7 Å². The molecule has 2 fully saturated rings. The molecule has 3 rings (SSSR count). The molecule has 0 aliphatic carbocycles. The van der Waals surface area contributed by atoms with Gasteiger partial charge in [0.2, 0.25) is 5.95 Å². The van der Waals surface area contributed by atoms with Crippen LogP contribution in [0.25, 0.3) is 0 Å². The zero-order valence-corrected chi connectivity index (χ0v) is 13.4. The lowest BCUT2D eigenvalue weighted by Crippen LogP contribution is -2.38. The molecule has 0 aromatic carbocycles. The third-order valence-electron chi connectivity index (χ3n) is 4.28. The molecule has 26 heavy (non-hydrogen) atoms. The van der Waals surface area contributed by atoms with Gasteiger partial charge in [0.1, 0.15) is 43.0 Å². The van der Waals surface area contributed by atoms with E-state index in [2.05, 4.69) is 9.97 Å². The molecule has 146 valence electrons. The Kier molecular flexibility index (Phi) is 5.50. The van der Waals surface area contributed by atoms with E-state index in [9.17, 15) is 25.2 Å². The van der Waals surface area contributed by atoms with Crippen LogP contribution in [0.4, 0.5) is 5.95 Å². The van der Waals surface area contributed by atoms with E-state index >= 15 is 0 Å². The molecule has 0 amide bonds. The minimum atomic E-state index is -1.47. The van der Waals surface area contributed by atoms with Gasteiger partial charge in [0.05, 0.1) is 13.2 Å². The molecule has 0 spiro atoms. The minimum Gasteiger partial charge on any atom is -0.394 e. The molecule has 1 aromatic rings. The summed E-state index contributed by atoms with van der Waals surface area (Å²) < 4.78 is 16.7. The van der Waals surface area contributed by atoms with Crippen molar-refractivity contribution >= 4 is 5.95 Å². The molecule has 8 atom stereocenters. The number of hydrogen-bond donors (Lipinski definition) is 6. The van der Waals surface area contributed by atoms with Crippen molar-refractivity contribution in [3.63, 3.8) is 0 Å². The standard InChI is InChI=1S/C13H20N4O9/c14-12-15-3-17(13(23)16-12)10-8(21)7(20)5(25-10)2-24-11-9(22)6(19)4(1-18)26-11/h3-11,18-22H,1-2H2,(H2,14,16,23)/t4-,5-,6-,7-,8-,9-,10-,11-/m1/s1. The molecule has 0 unspecified atom stereocenters. The molecule has 0 bridgehead atoms. The lowest BCUT2D eigenvalue weighted by Gasteiger charge is -2.20. The van der Waals surface area contributed by atoms with Gasteiger partial charge < -0.3 is 45.5 Å². The van der Waals surface area contributed by atoms with Gasteiger partial charge in [-0.05, 0) is 0 Å². The number of aromatic nitrogens is 3. The smallest absolute Gasteiger partial charge is 0.354 e. The van der Waals surface area contributed by atoms with E-state index in [1.165, 1.54) is 0 Å². The average Bonchev–Trinajstić information content (AvgIpc) is 3.04. The van der Waals surface area contributed by atoms with Gasteiger partial charge in [-0.15, -0.1) is 0 Å². The summed E-state index contributed by atoms with van der Waals surface area (Å²) in [5, 5.41) is 48.7. The van der Waals surface area contributed by atoms with Gasteiger partial charge in [-0.2, -0.15) is 4.98 Å². The molecule has 13 nitrogen and oxygen atoms in total. The van der Waals surface area contributed by atoms with Crippen LogP contribution in [0.2, 0.25) is 0 Å². The van der Waals surface area contributed by atoms with Crippen LogP contribution in [0.15, 0.2) is 11.1 Å². The molecule has 7 N–H and O–H groups in total. The summed E-state index contributed by atoms with van der Waals surface area (Å²) in [6.07, 6.45) is -9.19. The fourth-order valence-corrected chi connectivity index (χ4v) is 2.82. The fourth-order valence-electron chi connectivity index (χ4n) is 2.82. The summed E-state index contributed by atoms with van der Waals surface area (Å²) in [6.45, 7) is -0.840. The summed E-state index contributed by atoms with van der Waals surface area (Å²) in [4.78, 5) is 18.9. The number of aliphatic hydroxyl groups excluding tert-OH is 5. The first kappa shape index (κ1) is 19.1. The Hall–Kier alpha value is -1.71. The monoisotopic (exact) mass is 376 g/mol. The molecule has 1 aromatic heterocycles. The maximum Gasteiger partial charge on any atom is 0.354 e. The molecular formula is C13H20N4O9. The van der Waals surface area contributed by atoms with Crippen molar-refractivity contribution in [1.82, 2.24) is 14.5 Å². The number of nitrogens with zero attached hydrogens (tertiary/aromatic N) is 3. The third kappa shape index (κ3) is 3.43. The van der Waals surface area contributed by atoms with E-state index in [0.717, 1.165) is 10.9 Å². The summed E-state index contributed by atoms with van der Waals surface area (Å²) in [5.74, 6) is -0.247. The van der Waals surface area contributed by atoms with Gasteiger partial charge in [0.15, 0.2) is 12.5 Å². The van der Waals surface area contributed by atoms with Gasteiger partial charge in [0.25, 0.3) is 0 Å². The van der Waals surface area contributed by atoms with Crippen molar-refractivity contribution in [2.75, 3.05) is 18.9 Å². The second-order valence-corrected chi connectivity index (χ2v) is 5.99. The Morgan fingerprint density at radius 2 is 1.81 bits per heavy atom. The van der Waals surface area contributed by atoms with Crippen LogP contribution < -0.4 is 11.4 Å². The molecular weight excluding hydrogens is 356 g/mol. The maximum atomic E-state index is 11.8. The van der Waals surface area contributed by atoms with Crippen molar-refractivity contribution in [3.05, 3.63) is 16.8 Å². The molecule has 0 radical (unpaired) electrons. The van der Waals surface area contributed by atoms with Crippen LogP contribution in [-0.2, 0) is 14.2 Å². The van der Waals surface area contributed by atoms with Crippen molar-refractivity contribution in [2.24, 2.45) is 0 Å². The Labute approximate surface area is 146 Å². The SMILES string of the molecule is Nc1ncn([C@@H]2O[C@H](CO[C@@H]3O[C@H](CO)[C@@H](O)[C@H]3O)[C@@H](O)[C@H]2O)c(=O)n1. The lowest BCUT2D eigenvalue weighted by molar-refractivity contribution is -0.190. The first-order valence-electron chi connectivity index (χ1n) is 7.79.